The lowest BCUT2D eigenvalue weighted by Crippen LogP contribution is -2.43. The summed E-state index contributed by atoms with van der Waals surface area (Å²) in [7, 11) is -4.15. The molecule has 346 valence electrons. The van der Waals surface area contributed by atoms with Crippen molar-refractivity contribution in [2.45, 2.75) is 207 Å². The second-order valence-electron chi connectivity index (χ2n) is 16.8. The molecule has 59 heavy (non-hydrogen) atoms. The Morgan fingerprint density at radius 1 is 0.729 bits per heavy atom. The quantitative estimate of drug-likeness (QED) is 0.0264. The first-order valence-electron chi connectivity index (χ1n) is 23.1. The minimum absolute atomic E-state index is 0.00580. The number of nitrogens with one attached hydrogen (secondary N) is 2. The summed E-state index contributed by atoms with van der Waals surface area (Å²) in [6.45, 7) is 17.8. The molecule has 0 fully saturated rings. The summed E-state index contributed by atoms with van der Waals surface area (Å²) < 4.78 is 47.5. The molecule has 0 aliphatic rings. The predicted molar refractivity (Wildman–Crippen MR) is 239 cm³/mol. The fourth-order valence-corrected chi connectivity index (χ4v) is 7.34. The van der Waals surface area contributed by atoms with Crippen LogP contribution in [0.15, 0.2) is 24.8 Å². The number of phosphoric ester groups is 1. The summed E-state index contributed by atoms with van der Waals surface area (Å²) in [4.78, 5) is 38.6. The SMILES string of the molecule is C=CCOP(=O)(OCCNC(=O)OC(C)(C)C)OCC(COCC[C@H](C)CCCCCCC)NC(=O)C[C@@H](CCCCCCC)OC(=O)CCC/C=C\CCCCCC. The highest BCUT2D eigenvalue weighted by atomic mass is 31.2. The number of hydrogen-bond acceptors (Lipinski definition) is 10. The second-order valence-corrected chi connectivity index (χ2v) is 18.4. The predicted octanol–water partition coefficient (Wildman–Crippen LogP) is 12.1. The average Bonchev–Trinajstić information content (AvgIpc) is 3.18. The number of carbonyl (C=O) groups excluding carboxylic acids is 3. The molecule has 2 N–H and O–H groups in total. The first kappa shape index (κ1) is 56.8. The van der Waals surface area contributed by atoms with Gasteiger partial charge in [0.15, 0.2) is 0 Å². The van der Waals surface area contributed by atoms with E-state index in [-0.39, 0.29) is 51.3 Å². The molecular weight excluding hydrogens is 771 g/mol. The monoisotopic (exact) mass is 859 g/mol. The summed E-state index contributed by atoms with van der Waals surface area (Å²) >= 11 is 0. The Labute approximate surface area is 360 Å². The van der Waals surface area contributed by atoms with Gasteiger partial charge in [-0.05, 0) is 71.6 Å². The van der Waals surface area contributed by atoms with Crippen LogP contribution < -0.4 is 10.6 Å². The van der Waals surface area contributed by atoms with Crippen molar-refractivity contribution in [3.8, 4) is 0 Å². The van der Waals surface area contributed by atoms with Crippen molar-refractivity contribution in [2.75, 3.05) is 39.6 Å². The summed E-state index contributed by atoms with van der Waals surface area (Å²) in [5, 5.41) is 5.53. The standard InChI is InChI=1S/C46H87N2O10P/c1-9-13-16-19-20-21-22-25-28-31-44(50)57-42(30-27-24-18-15-11-3)37-43(49)48-41(38-53-35-32-40(5)29-26-23-17-14-10-2)39-56-59(52,54-34-12-4)55-36-33-47-45(51)58-46(6,7)8/h12,21-22,40-42H,4,9-11,13-20,23-39H2,1-3,5-8H3,(H,47,51)(H,48,49)/b22-21-/t40-,41?,42-,59?/m1/s1. The molecule has 0 aliphatic heterocycles. The number of esters is 1. The zero-order chi connectivity index (χ0) is 44.0. The molecule has 2 amide bonds. The summed E-state index contributed by atoms with van der Waals surface area (Å²) in [5.41, 5.74) is -0.676. The number of rotatable bonds is 40. The van der Waals surface area contributed by atoms with Crippen molar-refractivity contribution >= 4 is 25.8 Å². The van der Waals surface area contributed by atoms with Crippen LogP contribution in [0.5, 0.6) is 0 Å². The number of unbranched alkanes of at least 4 members (excludes halogenated alkanes) is 13. The molecule has 0 radical (unpaired) electrons. The highest BCUT2D eigenvalue weighted by Gasteiger charge is 2.29. The maximum atomic E-state index is 13.6. The lowest BCUT2D eigenvalue weighted by Gasteiger charge is -2.24. The first-order chi connectivity index (χ1) is 28.3. The lowest BCUT2D eigenvalue weighted by atomic mass is 9.99. The molecule has 2 unspecified atom stereocenters. The van der Waals surface area contributed by atoms with Gasteiger partial charge >= 0.3 is 19.9 Å². The first-order valence-corrected chi connectivity index (χ1v) is 24.6. The van der Waals surface area contributed by atoms with Gasteiger partial charge in [-0.3, -0.25) is 23.2 Å². The van der Waals surface area contributed by atoms with Gasteiger partial charge in [-0.2, -0.15) is 0 Å². The number of carbonyl (C=O) groups is 3. The Hall–Kier alpha value is -2.24. The van der Waals surface area contributed by atoms with E-state index in [0.717, 1.165) is 57.8 Å². The van der Waals surface area contributed by atoms with Gasteiger partial charge in [0.2, 0.25) is 5.91 Å². The molecule has 0 heterocycles. The van der Waals surface area contributed by atoms with E-state index in [2.05, 4.69) is 57.1 Å². The molecule has 0 spiro atoms. The van der Waals surface area contributed by atoms with Crippen molar-refractivity contribution in [1.29, 1.82) is 0 Å². The van der Waals surface area contributed by atoms with Crippen molar-refractivity contribution in [3.05, 3.63) is 24.8 Å². The van der Waals surface area contributed by atoms with E-state index in [4.69, 9.17) is 27.8 Å². The minimum Gasteiger partial charge on any atom is -0.462 e. The van der Waals surface area contributed by atoms with E-state index in [9.17, 15) is 18.9 Å². The van der Waals surface area contributed by atoms with Crippen molar-refractivity contribution in [1.82, 2.24) is 10.6 Å². The van der Waals surface area contributed by atoms with E-state index < -0.39 is 31.7 Å². The number of ether oxygens (including phenoxy) is 3. The third-order valence-corrected chi connectivity index (χ3v) is 11.0. The molecule has 0 aromatic rings. The van der Waals surface area contributed by atoms with E-state index in [1.165, 1.54) is 63.9 Å². The maximum Gasteiger partial charge on any atom is 0.475 e. The Morgan fingerprint density at radius 2 is 1.34 bits per heavy atom. The van der Waals surface area contributed by atoms with Gasteiger partial charge in [0.1, 0.15) is 11.7 Å². The van der Waals surface area contributed by atoms with Crippen LogP contribution in [0.1, 0.15) is 190 Å². The van der Waals surface area contributed by atoms with Crippen molar-refractivity contribution in [3.63, 3.8) is 0 Å². The zero-order valence-electron chi connectivity index (χ0n) is 38.5. The van der Waals surface area contributed by atoms with E-state index >= 15 is 0 Å². The van der Waals surface area contributed by atoms with Crippen LogP contribution in [0.4, 0.5) is 4.79 Å². The smallest absolute Gasteiger partial charge is 0.462 e. The zero-order valence-corrected chi connectivity index (χ0v) is 39.4. The summed E-state index contributed by atoms with van der Waals surface area (Å²) in [5.74, 6) is -0.131. The van der Waals surface area contributed by atoms with Gasteiger partial charge < -0.3 is 24.8 Å². The Morgan fingerprint density at radius 3 is 1.97 bits per heavy atom. The topological polar surface area (TPSA) is 148 Å². The van der Waals surface area contributed by atoms with Crippen LogP contribution in [0.3, 0.4) is 0 Å². The molecule has 0 saturated carbocycles. The molecule has 12 nitrogen and oxygen atoms in total. The fraction of sp³-hybridized carbons (Fsp3) is 0.848. The fourth-order valence-electron chi connectivity index (χ4n) is 6.15. The van der Waals surface area contributed by atoms with Crippen LogP contribution >= 0.6 is 7.82 Å². The van der Waals surface area contributed by atoms with Crippen LogP contribution in [0.2, 0.25) is 0 Å². The number of allylic oxidation sites excluding steroid dienone is 2. The van der Waals surface area contributed by atoms with E-state index in [0.29, 0.717) is 31.8 Å². The molecule has 0 aliphatic carbocycles. The van der Waals surface area contributed by atoms with Crippen LogP contribution in [0.25, 0.3) is 0 Å². The number of alkyl carbamates (subject to hydrolysis) is 1. The largest absolute Gasteiger partial charge is 0.475 e. The molecule has 13 heteroatoms. The van der Waals surface area contributed by atoms with Crippen LogP contribution in [-0.2, 0) is 41.9 Å². The lowest BCUT2D eigenvalue weighted by molar-refractivity contribution is -0.151. The number of hydrogen-bond donors (Lipinski definition) is 2. The summed E-state index contributed by atoms with van der Waals surface area (Å²) in [6.07, 6.45) is 26.3. The van der Waals surface area contributed by atoms with Gasteiger partial charge in [0.05, 0.1) is 38.9 Å². The number of phosphoric acid groups is 1. The third kappa shape index (κ3) is 37.3. The molecule has 0 bridgehead atoms. The molecule has 0 saturated heterocycles. The van der Waals surface area contributed by atoms with E-state index in [1.807, 2.05) is 0 Å². The molecule has 0 aromatic heterocycles. The van der Waals surface area contributed by atoms with Crippen molar-refractivity contribution in [2.24, 2.45) is 5.92 Å². The van der Waals surface area contributed by atoms with Crippen molar-refractivity contribution < 1.29 is 46.7 Å². The normalized spacial score (nSPS) is 14.4. The van der Waals surface area contributed by atoms with Gasteiger partial charge in [-0.15, -0.1) is 6.58 Å². The van der Waals surface area contributed by atoms with Gasteiger partial charge in [0, 0.05) is 19.6 Å². The second kappa shape index (κ2) is 37.5. The van der Waals surface area contributed by atoms with Gasteiger partial charge in [-0.1, -0.05) is 129 Å². The van der Waals surface area contributed by atoms with Gasteiger partial charge in [0.25, 0.3) is 0 Å². The Balaban J connectivity index is 5.58. The Kier molecular flexibility index (Phi) is 36.1. The molecule has 0 rings (SSSR count). The Bertz CT molecular complexity index is 1150. The number of amides is 2. The van der Waals surface area contributed by atoms with Crippen LogP contribution in [-0.4, -0.2) is 75.3 Å². The molecular formula is C46H87N2O10P. The average molecular weight is 859 g/mol. The molecule has 0 aromatic carbocycles. The van der Waals surface area contributed by atoms with Crippen LogP contribution in [0, 0.1) is 5.92 Å². The van der Waals surface area contributed by atoms with Gasteiger partial charge in [-0.25, -0.2) is 9.36 Å². The highest BCUT2D eigenvalue weighted by Crippen LogP contribution is 2.49. The minimum atomic E-state index is -4.15. The molecule has 4 atom stereocenters. The third-order valence-electron chi connectivity index (χ3n) is 9.53. The maximum absolute atomic E-state index is 13.6. The summed E-state index contributed by atoms with van der Waals surface area (Å²) in [6, 6.07) is -0.703. The highest BCUT2D eigenvalue weighted by molar-refractivity contribution is 7.48. The van der Waals surface area contributed by atoms with E-state index in [1.54, 1.807) is 20.8 Å².